The van der Waals surface area contributed by atoms with Gasteiger partial charge in [0, 0.05) is 12.1 Å². The fraction of sp³-hybridized carbons (Fsp3) is 0.212. The van der Waals surface area contributed by atoms with Crippen molar-refractivity contribution in [1.82, 2.24) is 5.32 Å². The van der Waals surface area contributed by atoms with Gasteiger partial charge in [0.05, 0.1) is 25.7 Å². The highest BCUT2D eigenvalue weighted by atomic mass is 16.5. The quantitative estimate of drug-likeness (QED) is 0.166. The fourth-order valence-electron chi connectivity index (χ4n) is 4.18. The molecule has 0 aliphatic heterocycles. The van der Waals surface area contributed by atoms with Crippen LogP contribution in [-0.4, -0.2) is 32.1 Å². The molecule has 0 fully saturated rings. The molecule has 0 aliphatic rings. The lowest BCUT2D eigenvalue weighted by Crippen LogP contribution is -2.27. The summed E-state index contributed by atoms with van der Waals surface area (Å²) in [6, 6.07) is 33.3. The van der Waals surface area contributed by atoms with Gasteiger partial charge in [-0.3, -0.25) is 9.59 Å². The number of nitrogens with one attached hydrogen (secondary N) is 1. The molecule has 4 aromatic carbocycles. The molecule has 6 nitrogen and oxygen atoms in total. The Morgan fingerprint density at radius 3 is 2.13 bits per heavy atom. The molecule has 1 N–H and O–H groups in total. The summed E-state index contributed by atoms with van der Waals surface area (Å²) in [5, 5.41) is 2.82. The van der Waals surface area contributed by atoms with E-state index in [9.17, 15) is 9.59 Å². The Bertz CT molecular complexity index is 1340. The summed E-state index contributed by atoms with van der Waals surface area (Å²) in [6.45, 7) is 1.15. The first-order valence-electron chi connectivity index (χ1n) is 13.1. The number of hydrogen-bond acceptors (Lipinski definition) is 5. The van der Waals surface area contributed by atoms with E-state index < -0.39 is 0 Å². The van der Waals surface area contributed by atoms with E-state index in [-0.39, 0.29) is 24.8 Å². The van der Waals surface area contributed by atoms with E-state index in [1.807, 2.05) is 84.9 Å². The van der Waals surface area contributed by atoms with E-state index in [1.54, 1.807) is 6.07 Å². The Hall–Kier alpha value is -4.58. The van der Waals surface area contributed by atoms with Crippen LogP contribution in [0.5, 0.6) is 11.5 Å². The predicted octanol–water partition coefficient (Wildman–Crippen LogP) is 6.24. The van der Waals surface area contributed by atoms with Gasteiger partial charge in [0.2, 0.25) is 0 Å². The van der Waals surface area contributed by atoms with Crippen LogP contribution in [-0.2, 0) is 22.6 Å². The molecule has 0 aliphatic carbocycles. The Balaban J connectivity index is 1.51. The fourth-order valence-corrected chi connectivity index (χ4v) is 4.18. The van der Waals surface area contributed by atoms with E-state index in [0.717, 1.165) is 29.7 Å². The van der Waals surface area contributed by atoms with Gasteiger partial charge in [-0.25, -0.2) is 0 Å². The van der Waals surface area contributed by atoms with Crippen LogP contribution in [0.15, 0.2) is 103 Å². The smallest absolute Gasteiger partial charge is 0.307 e. The molecule has 0 saturated carbocycles. The lowest BCUT2D eigenvalue weighted by Gasteiger charge is -2.17. The topological polar surface area (TPSA) is 73.9 Å². The van der Waals surface area contributed by atoms with Gasteiger partial charge in [0.1, 0.15) is 18.1 Å². The zero-order valence-electron chi connectivity index (χ0n) is 22.1. The summed E-state index contributed by atoms with van der Waals surface area (Å²) in [4.78, 5) is 24.7. The maximum atomic E-state index is 13.2. The van der Waals surface area contributed by atoms with Crippen molar-refractivity contribution in [2.24, 2.45) is 0 Å². The third-order valence-corrected chi connectivity index (χ3v) is 6.21. The average molecular weight is 524 g/mol. The van der Waals surface area contributed by atoms with Crippen molar-refractivity contribution in [3.8, 4) is 22.6 Å². The normalized spacial score (nSPS) is 10.5. The largest absolute Gasteiger partial charge is 0.493 e. The Kier molecular flexibility index (Phi) is 10.1. The average Bonchev–Trinajstić information content (AvgIpc) is 2.99. The first kappa shape index (κ1) is 27.5. The van der Waals surface area contributed by atoms with Crippen LogP contribution in [0.25, 0.3) is 11.1 Å². The third-order valence-electron chi connectivity index (χ3n) is 6.21. The highest BCUT2D eigenvalue weighted by molar-refractivity contribution is 6.02. The number of amides is 1. The van der Waals surface area contributed by atoms with Gasteiger partial charge in [-0.05, 0) is 53.8 Å². The van der Waals surface area contributed by atoms with E-state index >= 15 is 0 Å². The second-order valence-corrected chi connectivity index (χ2v) is 9.00. The minimum Gasteiger partial charge on any atom is -0.493 e. The highest BCUT2D eigenvalue weighted by Crippen LogP contribution is 2.35. The second kappa shape index (κ2) is 14.4. The Morgan fingerprint density at radius 1 is 0.744 bits per heavy atom. The van der Waals surface area contributed by atoms with Crippen LogP contribution < -0.4 is 14.8 Å². The van der Waals surface area contributed by atoms with Crippen molar-refractivity contribution in [3.63, 3.8) is 0 Å². The van der Waals surface area contributed by atoms with Crippen molar-refractivity contribution in [1.29, 1.82) is 0 Å². The summed E-state index contributed by atoms with van der Waals surface area (Å²) in [6.07, 6.45) is 1.84. The molecule has 0 bridgehead atoms. The molecule has 0 aromatic heterocycles. The standard InChI is InChI=1S/C33H33NO5/c1-37-31(35)21-22-34-33(36)29-15-8-16-30(38-23-9-14-25-10-4-2-5-11-25)32(29)27-17-19-28(20-18-27)39-24-26-12-6-3-7-13-26/h2-8,10-13,15-20H,9,14,21-24H2,1H3,(H,34,36). The number of benzene rings is 4. The first-order chi connectivity index (χ1) is 19.1. The van der Waals surface area contributed by atoms with Crippen LogP contribution >= 0.6 is 0 Å². The molecular formula is C33H33NO5. The lowest BCUT2D eigenvalue weighted by molar-refractivity contribution is -0.140. The number of ether oxygens (including phenoxy) is 3. The van der Waals surface area contributed by atoms with Crippen LogP contribution in [0.2, 0.25) is 0 Å². The molecule has 4 rings (SSSR count). The summed E-state index contributed by atoms with van der Waals surface area (Å²) in [5.74, 6) is 0.694. The van der Waals surface area contributed by atoms with E-state index in [4.69, 9.17) is 9.47 Å². The third kappa shape index (κ3) is 8.20. The zero-order valence-corrected chi connectivity index (χ0v) is 22.1. The maximum absolute atomic E-state index is 13.2. The Labute approximate surface area is 229 Å². The molecular weight excluding hydrogens is 490 g/mol. The number of carbonyl (C=O) groups excluding carboxylic acids is 2. The monoisotopic (exact) mass is 523 g/mol. The molecule has 0 radical (unpaired) electrons. The SMILES string of the molecule is COC(=O)CCNC(=O)c1cccc(OCCCc2ccccc2)c1-c1ccc(OCc2ccccc2)cc1. The van der Waals surface area contributed by atoms with Gasteiger partial charge in [-0.2, -0.15) is 0 Å². The minimum atomic E-state index is -0.378. The zero-order chi connectivity index (χ0) is 27.3. The molecule has 0 saturated heterocycles. The second-order valence-electron chi connectivity index (χ2n) is 9.00. The van der Waals surface area contributed by atoms with Crippen molar-refractivity contribution < 1.29 is 23.8 Å². The lowest BCUT2D eigenvalue weighted by atomic mass is 9.97. The van der Waals surface area contributed by atoms with Gasteiger partial charge in [-0.15, -0.1) is 0 Å². The molecule has 4 aromatic rings. The summed E-state index contributed by atoms with van der Waals surface area (Å²) in [5.41, 5.74) is 4.34. The predicted molar refractivity (Wildman–Crippen MR) is 152 cm³/mol. The number of esters is 1. The van der Waals surface area contributed by atoms with Gasteiger partial charge in [-0.1, -0.05) is 78.9 Å². The summed E-state index contributed by atoms with van der Waals surface area (Å²) < 4.78 is 16.8. The van der Waals surface area contributed by atoms with E-state index in [1.165, 1.54) is 12.7 Å². The number of carbonyl (C=O) groups is 2. The molecule has 200 valence electrons. The van der Waals surface area contributed by atoms with E-state index in [2.05, 4.69) is 22.2 Å². The first-order valence-corrected chi connectivity index (χ1v) is 13.1. The van der Waals surface area contributed by atoms with E-state index in [0.29, 0.717) is 30.1 Å². The van der Waals surface area contributed by atoms with Crippen LogP contribution in [0, 0.1) is 0 Å². The van der Waals surface area contributed by atoms with Gasteiger partial charge >= 0.3 is 5.97 Å². The highest BCUT2D eigenvalue weighted by Gasteiger charge is 2.18. The summed E-state index contributed by atoms with van der Waals surface area (Å²) in [7, 11) is 1.33. The van der Waals surface area contributed by atoms with Crippen molar-refractivity contribution in [2.45, 2.75) is 25.9 Å². The van der Waals surface area contributed by atoms with Gasteiger partial charge in [0.15, 0.2) is 0 Å². The summed E-state index contributed by atoms with van der Waals surface area (Å²) >= 11 is 0. The molecule has 1 amide bonds. The minimum absolute atomic E-state index is 0.0979. The number of rotatable bonds is 13. The molecule has 0 atom stereocenters. The molecule has 0 heterocycles. The van der Waals surface area contributed by atoms with Crippen LogP contribution in [0.4, 0.5) is 0 Å². The van der Waals surface area contributed by atoms with Gasteiger partial charge in [0.25, 0.3) is 5.91 Å². The molecule has 39 heavy (non-hydrogen) atoms. The maximum Gasteiger partial charge on any atom is 0.307 e. The molecule has 0 spiro atoms. The molecule has 6 heteroatoms. The number of aryl methyl sites for hydroxylation is 1. The van der Waals surface area contributed by atoms with Crippen molar-refractivity contribution in [3.05, 3.63) is 120 Å². The van der Waals surface area contributed by atoms with Crippen LogP contribution in [0.1, 0.15) is 34.3 Å². The van der Waals surface area contributed by atoms with Gasteiger partial charge < -0.3 is 19.5 Å². The Morgan fingerprint density at radius 2 is 1.44 bits per heavy atom. The van der Waals surface area contributed by atoms with Crippen LogP contribution in [0.3, 0.4) is 0 Å². The number of methoxy groups -OCH3 is 1. The van der Waals surface area contributed by atoms with Crippen molar-refractivity contribution in [2.75, 3.05) is 20.3 Å². The van der Waals surface area contributed by atoms with Crippen molar-refractivity contribution >= 4 is 11.9 Å². The molecule has 0 unspecified atom stereocenters. The number of hydrogen-bond donors (Lipinski definition) is 1.